The number of Topliss-reactive ketones (excluding diaryl/α,β-unsaturated/α-hetero) is 1. The van der Waals surface area contributed by atoms with Crippen LogP contribution in [0.15, 0.2) is 0 Å². The van der Waals surface area contributed by atoms with Crippen molar-refractivity contribution in [1.82, 2.24) is 0 Å². The van der Waals surface area contributed by atoms with E-state index in [2.05, 4.69) is 34.6 Å². The Kier molecular flexibility index (Phi) is 4.66. The van der Waals surface area contributed by atoms with E-state index in [9.17, 15) is 4.79 Å². The van der Waals surface area contributed by atoms with Crippen molar-refractivity contribution in [2.45, 2.75) is 86.0 Å². The van der Waals surface area contributed by atoms with Crippen molar-refractivity contribution in [1.29, 1.82) is 0 Å². The summed E-state index contributed by atoms with van der Waals surface area (Å²) in [6, 6.07) is 0. The maximum Gasteiger partial charge on any atom is 0.135 e. The molecule has 0 radical (unpaired) electrons. The number of unbranched alkanes of at least 4 members (excludes halogenated alkanes) is 1. The van der Waals surface area contributed by atoms with E-state index >= 15 is 0 Å². The molecule has 0 amide bonds. The molecule has 0 aromatic rings. The second-order valence-corrected chi connectivity index (χ2v) is 8.77. The van der Waals surface area contributed by atoms with Crippen molar-refractivity contribution < 1.29 is 4.79 Å². The number of rotatable bonds is 4. The van der Waals surface area contributed by atoms with E-state index < -0.39 is 0 Å². The maximum absolute atomic E-state index is 12.4. The molecule has 0 saturated heterocycles. The number of hydrogen-bond donors (Lipinski definition) is 0. The lowest BCUT2D eigenvalue weighted by Crippen LogP contribution is -2.48. The Morgan fingerprint density at radius 2 is 1.60 bits per heavy atom. The predicted molar refractivity (Wildman–Crippen MR) is 85.6 cm³/mol. The number of fused-ring (bicyclic) bond motifs is 1. The van der Waals surface area contributed by atoms with E-state index in [-0.39, 0.29) is 0 Å². The van der Waals surface area contributed by atoms with Crippen LogP contribution in [0.5, 0.6) is 0 Å². The molecule has 1 heteroatoms. The van der Waals surface area contributed by atoms with Crippen LogP contribution < -0.4 is 0 Å². The average Bonchev–Trinajstić information content (AvgIpc) is 2.41. The van der Waals surface area contributed by atoms with Gasteiger partial charge in [0, 0.05) is 12.3 Å². The standard InChI is InChI=1S/C19H34O/c1-6-7-8-17(20)14-9-10-15-16(13-14)19(4,5)12-11-18(15,2)3/h14-16H,6-13H2,1-5H3. The highest BCUT2D eigenvalue weighted by molar-refractivity contribution is 5.81. The molecule has 116 valence electrons. The van der Waals surface area contributed by atoms with Crippen molar-refractivity contribution in [2.75, 3.05) is 0 Å². The summed E-state index contributed by atoms with van der Waals surface area (Å²) in [6.07, 6.45) is 9.34. The molecule has 1 nitrogen and oxygen atoms in total. The first kappa shape index (κ1) is 16.0. The summed E-state index contributed by atoms with van der Waals surface area (Å²) in [5.41, 5.74) is 0.918. The largest absolute Gasteiger partial charge is 0.299 e. The smallest absolute Gasteiger partial charge is 0.135 e. The van der Waals surface area contributed by atoms with E-state index in [0.29, 0.717) is 22.5 Å². The molecule has 20 heavy (non-hydrogen) atoms. The average molecular weight is 278 g/mol. The first-order valence-corrected chi connectivity index (χ1v) is 8.80. The molecule has 0 bridgehead atoms. The zero-order chi connectivity index (χ0) is 15.0. The SMILES string of the molecule is CCCCC(=O)C1CCC2C(C1)C(C)(C)CCC2(C)C. The van der Waals surface area contributed by atoms with Crippen LogP contribution in [0.1, 0.15) is 86.0 Å². The quantitative estimate of drug-likeness (QED) is 0.652. The highest BCUT2D eigenvalue weighted by atomic mass is 16.1. The first-order valence-electron chi connectivity index (χ1n) is 8.80. The molecule has 0 aromatic carbocycles. The Bertz CT molecular complexity index is 353. The topological polar surface area (TPSA) is 17.1 Å². The fourth-order valence-corrected chi connectivity index (χ4v) is 4.83. The van der Waals surface area contributed by atoms with Gasteiger partial charge in [0.2, 0.25) is 0 Å². The van der Waals surface area contributed by atoms with Crippen molar-refractivity contribution >= 4 is 5.78 Å². The number of ketones is 1. The maximum atomic E-state index is 12.4. The van der Waals surface area contributed by atoms with Gasteiger partial charge in [-0.3, -0.25) is 4.79 Å². The Morgan fingerprint density at radius 1 is 1.00 bits per heavy atom. The zero-order valence-corrected chi connectivity index (χ0v) is 14.3. The molecule has 0 aliphatic heterocycles. The minimum Gasteiger partial charge on any atom is -0.299 e. The Hall–Kier alpha value is -0.330. The Balaban J connectivity index is 2.08. The van der Waals surface area contributed by atoms with Gasteiger partial charge in [-0.1, -0.05) is 41.0 Å². The fraction of sp³-hybridized carbons (Fsp3) is 0.947. The van der Waals surface area contributed by atoms with Crippen molar-refractivity contribution in [3.05, 3.63) is 0 Å². The van der Waals surface area contributed by atoms with Gasteiger partial charge < -0.3 is 0 Å². The molecule has 0 aromatic heterocycles. The lowest BCUT2D eigenvalue weighted by Gasteiger charge is -2.55. The van der Waals surface area contributed by atoms with Crippen molar-refractivity contribution in [2.24, 2.45) is 28.6 Å². The molecule has 3 atom stereocenters. The fourth-order valence-electron chi connectivity index (χ4n) is 4.83. The number of hydrogen-bond acceptors (Lipinski definition) is 1. The van der Waals surface area contributed by atoms with Crippen LogP contribution in [0.25, 0.3) is 0 Å². The van der Waals surface area contributed by atoms with Crippen LogP contribution in [0.3, 0.4) is 0 Å². The van der Waals surface area contributed by atoms with E-state index in [1.807, 2.05) is 0 Å². The third-order valence-electron chi connectivity index (χ3n) is 6.50. The molecular formula is C19H34O. The second kappa shape index (κ2) is 5.81. The van der Waals surface area contributed by atoms with Gasteiger partial charge >= 0.3 is 0 Å². The van der Waals surface area contributed by atoms with Crippen LogP contribution in [0.4, 0.5) is 0 Å². The zero-order valence-electron chi connectivity index (χ0n) is 14.3. The highest BCUT2D eigenvalue weighted by Crippen LogP contribution is 2.58. The van der Waals surface area contributed by atoms with Gasteiger partial charge in [0.05, 0.1) is 0 Å². The monoisotopic (exact) mass is 278 g/mol. The van der Waals surface area contributed by atoms with Crippen LogP contribution in [0.2, 0.25) is 0 Å². The molecule has 0 heterocycles. The van der Waals surface area contributed by atoms with Gasteiger partial charge in [0.25, 0.3) is 0 Å². The molecule has 2 rings (SSSR count). The summed E-state index contributed by atoms with van der Waals surface area (Å²) < 4.78 is 0. The van der Waals surface area contributed by atoms with Gasteiger partial charge in [0.1, 0.15) is 5.78 Å². The Labute approximate surface area is 125 Å². The van der Waals surface area contributed by atoms with Gasteiger partial charge in [-0.25, -0.2) is 0 Å². The summed E-state index contributed by atoms with van der Waals surface area (Å²) in [6.45, 7) is 12.0. The predicted octanol–water partition coefficient (Wildman–Crippen LogP) is 5.62. The lowest BCUT2D eigenvalue weighted by molar-refractivity contribution is -0.129. The molecule has 0 spiro atoms. The molecule has 2 aliphatic rings. The van der Waals surface area contributed by atoms with Crippen LogP contribution >= 0.6 is 0 Å². The first-order chi connectivity index (χ1) is 9.28. The molecule has 0 N–H and O–H groups in total. The second-order valence-electron chi connectivity index (χ2n) is 8.77. The molecule has 3 unspecified atom stereocenters. The van der Waals surface area contributed by atoms with E-state index in [1.54, 1.807) is 0 Å². The van der Waals surface area contributed by atoms with Crippen molar-refractivity contribution in [3.63, 3.8) is 0 Å². The summed E-state index contributed by atoms with van der Waals surface area (Å²) in [5, 5.41) is 0. The minimum absolute atomic E-state index is 0.371. The van der Waals surface area contributed by atoms with Gasteiger partial charge in [-0.05, 0) is 61.2 Å². The van der Waals surface area contributed by atoms with E-state index in [1.165, 1.54) is 25.7 Å². The summed E-state index contributed by atoms with van der Waals surface area (Å²) in [4.78, 5) is 12.4. The third-order valence-corrected chi connectivity index (χ3v) is 6.50. The molecule has 2 saturated carbocycles. The summed E-state index contributed by atoms with van der Waals surface area (Å²) >= 11 is 0. The molecule has 2 aliphatic carbocycles. The van der Waals surface area contributed by atoms with E-state index in [0.717, 1.165) is 37.5 Å². The third kappa shape index (κ3) is 3.12. The molecular weight excluding hydrogens is 244 g/mol. The summed E-state index contributed by atoms with van der Waals surface area (Å²) in [5.74, 6) is 2.53. The van der Waals surface area contributed by atoms with E-state index in [4.69, 9.17) is 0 Å². The van der Waals surface area contributed by atoms with Crippen LogP contribution in [0, 0.1) is 28.6 Å². The van der Waals surface area contributed by atoms with Crippen LogP contribution in [-0.4, -0.2) is 5.78 Å². The lowest BCUT2D eigenvalue weighted by atomic mass is 9.49. The van der Waals surface area contributed by atoms with Gasteiger partial charge in [-0.2, -0.15) is 0 Å². The minimum atomic E-state index is 0.371. The van der Waals surface area contributed by atoms with Crippen LogP contribution in [-0.2, 0) is 4.79 Å². The Morgan fingerprint density at radius 3 is 2.20 bits per heavy atom. The highest BCUT2D eigenvalue weighted by Gasteiger charge is 2.50. The summed E-state index contributed by atoms with van der Waals surface area (Å²) in [7, 11) is 0. The van der Waals surface area contributed by atoms with Crippen molar-refractivity contribution in [3.8, 4) is 0 Å². The normalized spacial score (nSPS) is 35.4. The van der Waals surface area contributed by atoms with Gasteiger partial charge in [-0.15, -0.1) is 0 Å². The number of carbonyl (C=O) groups excluding carboxylic acids is 1. The van der Waals surface area contributed by atoms with Gasteiger partial charge in [0.15, 0.2) is 0 Å². The number of carbonyl (C=O) groups is 1. The molecule has 2 fully saturated rings.